The zero-order chi connectivity index (χ0) is 23.5. The minimum atomic E-state index is -0.140. The van der Waals surface area contributed by atoms with Crippen LogP contribution in [0.5, 0.6) is 17.2 Å². The molecule has 0 saturated carbocycles. The van der Waals surface area contributed by atoms with E-state index in [9.17, 15) is 15.0 Å². The van der Waals surface area contributed by atoms with Crippen molar-refractivity contribution >= 4 is 29.9 Å². The summed E-state index contributed by atoms with van der Waals surface area (Å²) in [6.45, 7) is 4.82. The normalized spacial score (nSPS) is 14.4. The van der Waals surface area contributed by atoms with Crippen LogP contribution < -0.4 is 4.74 Å². The van der Waals surface area contributed by atoms with Gasteiger partial charge in [0.05, 0.1) is 13.2 Å². The van der Waals surface area contributed by atoms with E-state index in [1.165, 1.54) is 0 Å². The first-order valence-electron chi connectivity index (χ1n) is 11.2. The number of fused-ring (bicyclic) bond motifs is 1. The third-order valence-corrected chi connectivity index (χ3v) is 8.45. The molecule has 0 radical (unpaired) electrons. The number of ketones is 1. The molecule has 1 aliphatic heterocycles. The molecular formula is C27H25NO5Se. The van der Waals surface area contributed by atoms with E-state index < -0.39 is 0 Å². The zero-order valence-corrected chi connectivity index (χ0v) is 20.3. The van der Waals surface area contributed by atoms with Crippen LogP contribution >= 0.6 is 0 Å². The number of ether oxygens (including phenoxy) is 2. The number of nitrogens with zero attached hydrogens (tertiary/aromatic N) is 1. The molecule has 0 amide bonds. The quantitative estimate of drug-likeness (QED) is 0.283. The fourth-order valence-corrected chi connectivity index (χ4v) is 6.69. The number of carbonyl (C=O) groups excluding carboxylic acids is 1. The SMILES string of the molecule is O=C(c1ccc(OCCN2CCOCC2)cc1)c1c(-c2ccc(O)cc2)[se]c2cc(O)ccc12. The van der Waals surface area contributed by atoms with Crippen LogP contribution in [0.2, 0.25) is 0 Å². The van der Waals surface area contributed by atoms with Gasteiger partial charge in [-0.1, -0.05) is 0 Å². The van der Waals surface area contributed by atoms with Gasteiger partial charge in [0.1, 0.15) is 0 Å². The van der Waals surface area contributed by atoms with Crippen LogP contribution in [0, 0.1) is 0 Å². The summed E-state index contributed by atoms with van der Waals surface area (Å²) in [5, 5.41) is 20.5. The van der Waals surface area contributed by atoms with Crippen LogP contribution in [0.15, 0.2) is 66.7 Å². The van der Waals surface area contributed by atoms with Crippen LogP contribution in [0.1, 0.15) is 15.9 Å². The molecule has 7 heteroatoms. The molecule has 2 heterocycles. The predicted molar refractivity (Wildman–Crippen MR) is 132 cm³/mol. The Labute approximate surface area is 203 Å². The van der Waals surface area contributed by atoms with Gasteiger partial charge in [0.25, 0.3) is 0 Å². The predicted octanol–water partition coefficient (Wildman–Crippen LogP) is 3.92. The van der Waals surface area contributed by atoms with E-state index in [1.54, 1.807) is 36.4 Å². The minimum absolute atomic E-state index is 0.0609. The van der Waals surface area contributed by atoms with Crippen LogP contribution in [0.3, 0.4) is 0 Å². The molecule has 3 aromatic carbocycles. The molecule has 1 aliphatic rings. The van der Waals surface area contributed by atoms with Gasteiger partial charge in [-0.3, -0.25) is 0 Å². The Morgan fingerprint density at radius 2 is 1.65 bits per heavy atom. The summed E-state index contributed by atoms with van der Waals surface area (Å²) in [6.07, 6.45) is 0. The maximum atomic E-state index is 13.7. The van der Waals surface area contributed by atoms with E-state index in [1.807, 2.05) is 30.3 Å². The monoisotopic (exact) mass is 523 g/mol. The Balaban J connectivity index is 1.39. The fraction of sp³-hybridized carbons (Fsp3) is 0.222. The second-order valence-corrected chi connectivity index (χ2v) is 10.4. The molecule has 0 bridgehead atoms. The van der Waals surface area contributed by atoms with Gasteiger partial charge in [0.15, 0.2) is 0 Å². The van der Waals surface area contributed by atoms with Crippen LogP contribution in [-0.4, -0.2) is 74.9 Å². The Morgan fingerprint density at radius 1 is 0.941 bits per heavy atom. The molecule has 1 aromatic heterocycles. The van der Waals surface area contributed by atoms with E-state index in [0.717, 1.165) is 58.2 Å². The number of morpholine rings is 1. The molecule has 1 fully saturated rings. The van der Waals surface area contributed by atoms with Crippen LogP contribution in [-0.2, 0) is 4.74 Å². The first kappa shape index (κ1) is 22.7. The molecule has 1 saturated heterocycles. The number of phenols is 2. The van der Waals surface area contributed by atoms with Gasteiger partial charge in [-0.05, 0) is 0 Å². The van der Waals surface area contributed by atoms with Gasteiger partial charge in [-0.15, -0.1) is 0 Å². The van der Waals surface area contributed by atoms with Crippen molar-refractivity contribution in [2.75, 3.05) is 39.5 Å². The van der Waals surface area contributed by atoms with Gasteiger partial charge in [-0.25, -0.2) is 0 Å². The third kappa shape index (κ3) is 4.88. The summed E-state index contributed by atoms with van der Waals surface area (Å²) in [5.41, 5.74) is 2.14. The summed E-state index contributed by atoms with van der Waals surface area (Å²) in [5.74, 6) is 1.05. The van der Waals surface area contributed by atoms with E-state index in [0.29, 0.717) is 17.7 Å². The van der Waals surface area contributed by atoms with E-state index >= 15 is 0 Å². The topological polar surface area (TPSA) is 79.2 Å². The molecule has 0 spiro atoms. The Morgan fingerprint density at radius 3 is 2.38 bits per heavy atom. The molecule has 6 nitrogen and oxygen atoms in total. The van der Waals surface area contributed by atoms with Gasteiger partial charge >= 0.3 is 186 Å². The number of hydrogen-bond donors (Lipinski definition) is 2. The summed E-state index contributed by atoms with van der Waals surface area (Å²) < 4.78 is 13.2. The van der Waals surface area contributed by atoms with Crippen molar-refractivity contribution in [3.8, 4) is 27.2 Å². The van der Waals surface area contributed by atoms with Crippen molar-refractivity contribution in [3.63, 3.8) is 0 Å². The van der Waals surface area contributed by atoms with Gasteiger partial charge < -0.3 is 4.74 Å². The Bertz CT molecular complexity index is 1290. The summed E-state index contributed by atoms with van der Waals surface area (Å²) in [7, 11) is 0. The number of phenolic OH excluding ortho intramolecular Hbond substituents is 2. The molecular weight excluding hydrogens is 497 g/mol. The van der Waals surface area contributed by atoms with Crippen molar-refractivity contribution in [2.45, 2.75) is 0 Å². The molecule has 0 aliphatic carbocycles. The van der Waals surface area contributed by atoms with Crippen molar-refractivity contribution < 1.29 is 24.5 Å². The number of hydrogen-bond acceptors (Lipinski definition) is 6. The third-order valence-electron chi connectivity index (χ3n) is 5.93. The van der Waals surface area contributed by atoms with Gasteiger partial charge in [0.2, 0.25) is 0 Å². The molecule has 0 atom stereocenters. The average molecular weight is 522 g/mol. The van der Waals surface area contributed by atoms with E-state index in [-0.39, 0.29) is 31.8 Å². The molecule has 174 valence electrons. The summed E-state index contributed by atoms with van der Waals surface area (Å²) in [4.78, 5) is 16.0. The number of carbonyl (C=O) groups is 1. The van der Waals surface area contributed by atoms with Crippen molar-refractivity contribution in [2.24, 2.45) is 0 Å². The number of aromatic hydroxyl groups is 2. The first-order valence-corrected chi connectivity index (χ1v) is 12.9. The summed E-state index contributed by atoms with van der Waals surface area (Å²) >= 11 is -0.140. The molecule has 4 aromatic rings. The van der Waals surface area contributed by atoms with Gasteiger partial charge in [-0.2, -0.15) is 0 Å². The number of rotatable bonds is 7. The Kier molecular flexibility index (Phi) is 6.70. The van der Waals surface area contributed by atoms with Crippen LogP contribution in [0.4, 0.5) is 0 Å². The molecule has 0 unspecified atom stereocenters. The zero-order valence-electron chi connectivity index (χ0n) is 18.6. The van der Waals surface area contributed by atoms with Crippen LogP contribution in [0.25, 0.3) is 19.6 Å². The van der Waals surface area contributed by atoms with E-state index in [2.05, 4.69) is 4.90 Å². The Hall–Kier alpha value is -3.09. The van der Waals surface area contributed by atoms with Crippen molar-refractivity contribution in [1.82, 2.24) is 4.90 Å². The molecule has 34 heavy (non-hydrogen) atoms. The second-order valence-electron chi connectivity index (χ2n) is 8.19. The molecule has 5 rings (SSSR count). The van der Waals surface area contributed by atoms with Crippen molar-refractivity contribution in [1.29, 1.82) is 0 Å². The van der Waals surface area contributed by atoms with Gasteiger partial charge in [0, 0.05) is 0 Å². The standard InChI is InChI=1S/C27H25NO5Se/c29-20-5-1-19(2-6-20)27-25(23-10-7-21(30)17-24(23)34-27)26(31)18-3-8-22(9-4-18)33-16-13-28-11-14-32-15-12-28/h1-10,17,29-30H,11-16H2. The molecule has 2 N–H and O–H groups in total. The fourth-order valence-electron chi connectivity index (χ4n) is 4.09. The maximum absolute atomic E-state index is 13.7. The van der Waals surface area contributed by atoms with Crippen molar-refractivity contribution in [3.05, 3.63) is 77.9 Å². The average Bonchev–Trinajstić information content (AvgIpc) is 3.23. The summed E-state index contributed by atoms with van der Waals surface area (Å²) in [6, 6.07) is 19.4. The number of benzene rings is 3. The van der Waals surface area contributed by atoms with E-state index in [4.69, 9.17) is 9.47 Å². The first-order chi connectivity index (χ1) is 16.6. The second kappa shape index (κ2) is 10.0.